The molecular formula is C17H18N2O4. The van der Waals surface area contributed by atoms with Gasteiger partial charge in [-0.05, 0) is 18.4 Å². The summed E-state index contributed by atoms with van der Waals surface area (Å²) in [7, 11) is 0. The van der Waals surface area contributed by atoms with Gasteiger partial charge >= 0.3 is 5.97 Å². The second kappa shape index (κ2) is 6.24. The van der Waals surface area contributed by atoms with Gasteiger partial charge < -0.3 is 15.0 Å². The standard InChI is InChI=1S/C17H18N2O4/c1-2-10-4-3-5-11-12(8-18-16(10)11)14(20)9-23-17(22)13-6-7-15(21)19-13/h3-5,8,13,18H,2,6-7,9H2,1H3,(H,19,21)/t13-/m1/s1. The summed E-state index contributed by atoms with van der Waals surface area (Å²) in [5, 5.41) is 3.36. The molecule has 6 heteroatoms. The number of benzene rings is 1. The van der Waals surface area contributed by atoms with Crippen molar-refractivity contribution in [2.45, 2.75) is 32.2 Å². The molecule has 0 spiro atoms. The Bertz CT molecular complexity index is 778. The lowest BCUT2D eigenvalue weighted by molar-refractivity contribution is -0.145. The number of hydrogen-bond donors (Lipinski definition) is 2. The highest BCUT2D eigenvalue weighted by atomic mass is 16.5. The van der Waals surface area contributed by atoms with Crippen LogP contribution >= 0.6 is 0 Å². The van der Waals surface area contributed by atoms with E-state index < -0.39 is 12.0 Å². The SMILES string of the molecule is CCc1cccc2c(C(=O)COC(=O)[C@H]3CCC(=O)N3)c[nH]c12. The fourth-order valence-corrected chi connectivity index (χ4v) is 2.85. The molecule has 1 atom stereocenters. The second-order valence-electron chi connectivity index (χ2n) is 5.59. The van der Waals surface area contributed by atoms with Crippen LogP contribution in [-0.2, 0) is 20.7 Å². The highest BCUT2D eigenvalue weighted by Crippen LogP contribution is 2.22. The Balaban J connectivity index is 1.69. The summed E-state index contributed by atoms with van der Waals surface area (Å²) in [5.74, 6) is -0.984. The Labute approximate surface area is 133 Å². The summed E-state index contributed by atoms with van der Waals surface area (Å²) in [6.07, 6.45) is 3.24. The minimum absolute atomic E-state index is 0.165. The normalized spacial score (nSPS) is 17.3. The molecule has 2 N–H and O–H groups in total. The number of aromatic nitrogens is 1. The molecule has 2 heterocycles. The van der Waals surface area contributed by atoms with Crippen LogP contribution in [0, 0.1) is 0 Å². The average molecular weight is 314 g/mol. The van der Waals surface area contributed by atoms with Gasteiger partial charge in [0.2, 0.25) is 11.7 Å². The number of carbonyl (C=O) groups excluding carboxylic acids is 3. The smallest absolute Gasteiger partial charge is 0.329 e. The second-order valence-corrected chi connectivity index (χ2v) is 5.59. The van der Waals surface area contributed by atoms with Crippen molar-refractivity contribution in [1.29, 1.82) is 0 Å². The Morgan fingerprint density at radius 2 is 2.17 bits per heavy atom. The zero-order valence-electron chi connectivity index (χ0n) is 12.8. The molecule has 23 heavy (non-hydrogen) atoms. The molecule has 0 saturated carbocycles. The van der Waals surface area contributed by atoms with Gasteiger partial charge in [-0.25, -0.2) is 4.79 Å². The first kappa shape index (κ1) is 15.3. The number of amides is 1. The van der Waals surface area contributed by atoms with Gasteiger partial charge in [0.25, 0.3) is 0 Å². The van der Waals surface area contributed by atoms with Crippen molar-refractivity contribution >= 4 is 28.6 Å². The van der Waals surface area contributed by atoms with Crippen molar-refractivity contribution in [3.05, 3.63) is 35.5 Å². The topological polar surface area (TPSA) is 88.3 Å². The van der Waals surface area contributed by atoms with E-state index in [0.717, 1.165) is 22.9 Å². The van der Waals surface area contributed by atoms with Gasteiger partial charge in [0.15, 0.2) is 6.61 Å². The molecule has 1 aliphatic heterocycles. The van der Waals surface area contributed by atoms with Crippen molar-refractivity contribution < 1.29 is 19.1 Å². The number of carbonyl (C=O) groups is 3. The van der Waals surface area contributed by atoms with E-state index in [4.69, 9.17) is 4.74 Å². The summed E-state index contributed by atoms with van der Waals surface area (Å²) in [5.41, 5.74) is 2.58. The first-order chi connectivity index (χ1) is 11.1. The summed E-state index contributed by atoms with van der Waals surface area (Å²) in [4.78, 5) is 38.4. The number of aromatic amines is 1. The van der Waals surface area contributed by atoms with Crippen molar-refractivity contribution in [2.75, 3.05) is 6.61 Å². The molecule has 0 bridgehead atoms. The zero-order valence-corrected chi connectivity index (χ0v) is 12.8. The van der Waals surface area contributed by atoms with Crippen LogP contribution in [0.4, 0.5) is 0 Å². The number of rotatable bonds is 5. The summed E-state index contributed by atoms with van der Waals surface area (Å²) < 4.78 is 5.05. The fourth-order valence-electron chi connectivity index (χ4n) is 2.85. The third-order valence-electron chi connectivity index (χ3n) is 4.11. The predicted octanol–water partition coefficient (Wildman–Crippen LogP) is 1.73. The highest BCUT2D eigenvalue weighted by molar-refractivity contribution is 6.09. The largest absolute Gasteiger partial charge is 0.456 e. The Hall–Kier alpha value is -2.63. The number of Topliss-reactive ketones (excluding diaryl/α,β-unsaturated/α-hetero) is 1. The van der Waals surface area contributed by atoms with Crippen molar-refractivity contribution in [3.63, 3.8) is 0 Å². The molecule has 1 saturated heterocycles. The van der Waals surface area contributed by atoms with Crippen molar-refractivity contribution in [1.82, 2.24) is 10.3 Å². The number of esters is 1. The van der Waals surface area contributed by atoms with E-state index in [0.29, 0.717) is 18.4 Å². The Morgan fingerprint density at radius 1 is 1.35 bits per heavy atom. The van der Waals surface area contributed by atoms with Crippen LogP contribution in [0.3, 0.4) is 0 Å². The van der Waals surface area contributed by atoms with E-state index in [1.54, 1.807) is 6.20 Å². The lowest BCUT2D eigenvalue weighted by Crippen LogP contribution is -2.35. The quantitative estimate of drug-likeness (QED) is 0.650. The van der Waals surface area contributed by atoms with E-state index in [2.05, 4.69) is 17.2 Å². The number of hydrogen-bond acceptors (Lipinski definition) is 4. The monoisotopic (exact) mass is 314 g/mol. The summed E-state index contributed by atoms with van der Waals surface area (Å²) in [6.45, 7) is 1.73. The van der Waals surface area contributed by atoms with E-state index in [-0.39, 0.29) is 18.3 Å². The Kier molecular flexibility index (Phi) is 4.14. The maximum absolute atomic E-state index is 12.3. The minimum Gasteiger partial charge on any atom is -0.456 e. The van der Waals surface area contributed by atoms with E-state index in [9.17, 15) is 14.4 Å². The maximum Gasteiger partial charge on any atom is 0.329 e. The van der Waals surface area contributed by atoms with Crippen LogP contribution < -0.4 is 5.32 Å². The molecule has 3 rings (SSSR count). The van der Waals surface area contributed by atoms with Crippen LogP contribution in [-0.4, -0.2) is 35.3 Å². The van der Waals surface area contributed by atoms with Crippen molar-refractivity contribution in [3.8, 4) is 0 Å². The van der Waals surface area contributed by atoms with Gasteiger partial charge in [-0.1, -0.05) is 25.1 Å². The van der Waals surface area contributed by atoms with Crippen LogP contribution in [0.25, 0.3) is 10.9 Å². The number of ketones is 1. The maximum atomic E-state index is 12.3. The highest BCUT2D eigenvalue weighted by Gasteiger charge is 2.29. The van der Waals surface area contributed by atoms with Crippen LogP contribution in [0.15, 0.2) is 24.4 Å². The Morgan fingerprint density at radius 3 is 2.87 bits per heavy atom. The number of fused-ring (bicyclic) bond motifs is 1. The van der Waals surface area contributed by atoms with Crippen LogP contribution in [0.1, 0.15) is 35.7 Å². The van der Waals surface area contributed by atoms with Gasteiger partial charge in [-0.2, -0.15) is 0 Å². The molecule has 6 nitrogen and oxygen atoms in total. The lowest BCUT2D eigenvalue weighted by atomic mass is 10.1. The first-order valence-electron chi connectivity index (χ1n) is 7.68. The van der Waals surface area contributed by atoms with Crippen LogP contribution in [0.5, 0.6) is 0 Å². The molecule has 1 aromatic heterocycles. The first-order valence-corrected chi connectivity index (χ1v) is 7.68. The predicted molar refractivity (Wildman–Crippen MR) is 84.1 cm³/mol. The van der Waals surface area contributed by atoms with Crippen LogP contribution in [0.2, 0.25) is 0 Å². The van der Waals surface area contributed by atoms with Crippen molar-refractivity contribution in [2.24, 2.45) is 0 Å². The van der Waals surface area contributed by atoms with Gasteiger partial charge in [0, 0.05) is 29.1 Å². The minimum atomic E-state index is -0.634. The van der Waals surface area contributed by atoms with Gasteiger partial charge in [0.05, 0.1) is 0 Å². The third-order valence-corrected chi connectivity index (χ3v) is 4.11. The van der Waals surface area contributed by atoms with E-state index >= 15 is 0 Å². The molecular weight excluding hydrogens is 296 g/mol. The fraction of sp³-hybridized carbons (Fsp3) is 0.353. The van der Waals surface area contributed by atoms with Gasteiger partial charge in [0.1, 0.15) is 6.04 Å². The molecule has 1 aliphatic rings. The molecule has 2 aromatic rings. The molecule has 0 unspecified atom stereocenters. The number of nitrogens with one attached hydrogen (secondary N) is 2. The molecule has 0 radical (unpaired) electrons. The van der Waals surface area contributed by atoms with E-state index in [1.807, 2.05) is 18.2 Å². The zero-order chi connectivity index (χ0) is 16.4. The molecule has 1 amide bonds. The molecule has 0 aliphatic carbocycles. The molecule has 1 aromatic carbocycles. The number of aryl methyl sites for hydroxylation is 1. The van der Waals surface area contributed by atoms with E-state index in [1.165, 1.54) is 0 Å². The number of ether oxygens (including phenoxy) is 1. The molecule has 1 fully saturated rings. The number of para-hydroxylation sites is 1. The average Bonchev–Trinajstić information content (AvgIpc) is 3.18. The summed E-state index contributed by atoms with van der Waals surface area (Å²) >= 11 is 0. The molecule has 120 valence electrons. The summed E-state index contributed by atoms with van der Waals surface area (Å²) in [6, 6.07) is 5.16. The third kappa shape index (κ3) is 2.97. The van der Waals surface area contributed by atoms with Gasteiger partial charge in [-0.15, -0.1) is 0 Å². The van der Waals surface area contributed by atoms with Gasteiger partial charge in [-0.3, -0.25) is 9.59 Å². The number of H-pyrrole nitrogens is 1. The lowest BCUT2D eigenvalue weighted by Gasteiger charge is -2.09.